The zero-order chi connectivity index (χ0) is 11.7. The molecule has 86 valence electrons. The van der Waals surface area contributed by atoms with Gasteiger partial charge in [0.15, 0.2) is 10.8 Å². The van der Waals surface area contributed by atoms with Crippen molar-refractivity contribution in [3.05, 3.63) is 16.8 Å². The molecule has 0 N–H and O–H groups in total. The van der Waals surface area contributed by atoms with E-state index in [-0.39, 0.29) is 5.28 Å². The Morgan fingerprint density at radius 2 is 2.12 bits per heavy atom. The summed E-state index contributed by atoms with van der Waals surface area (Å²) in [6, 6.07) is 0.331. The molecular weight excluding hydrogens is 247 g/mol. The van der Waals surface area contributed by atoms with Crippen LogP contribution in [0.5, 0.6) is 0 Å². The average molecular weight is 259 g/mol. The number of halogens is 2. The van der Waals surface area contributed by atoms with Gasteiger partial charge in [0.1, 0.15) is 5.52 Å². The average Bonchev–Trinajstić information content (AvgIpc) is 2.61. The highest BCUT2D eigenvalue weighted by Crippen LogP contribution is 2.24. The molecule has 0 amide bonds. The van der Waals surface area contributed by atoms with Crippen LogP contribution in [0.3, 0.4) is 0 Å². The van der Waals surface area contributed by atoms with Crippen molar-refractivity contribution >= 4 is 34.4 Å². The topological polar surface area (TPSA) is 43.6 Å². The normalized spacial score (nSPS) is 13.2. The first-order chi connectivity index (χ1) is 7.63. The Morgan fingerprint density at radius 1 is 1.38 bits per heavy atom. The van der Waals surface area contributed by atoms with Gasteiger partial charge >= 0.3 is 0 Å². The van der Waals surface area contributed by atoms with E-state index < -0.39 is 0 Å². The monoisotopic (exact) mass is 258 g/mol. The summed E-state index contributed by atoms with van der Waals surface area (Å²) in [5.41, 5.74) is 1.31. The molecule has 2 heterocycles. The van der Waals surface area contributed by atoms with Crippen LogP contribution >= 0.6 is 23.2 Å². The minimum Gasteiger partial charge on any atom is -0.312 e. The van der Waals surface area contributed by atoms with E-state index in [0.29, 0.717) is 22.4 Å². The fourth-order valence-corrected chi connectivity index (χ4v) is 2.16. The molecule has 0 aromatic carbocycles. The van der Waals surface area contributed by atoms with E-state index in [2.05, 4.69) is 28.8 Å². The van der Waals surface area contributed by atoms with Crippen molar-refractivity contribution in [2.45, 2.75) is 32.7 Å². The molecule has 0 radical (unpaired) electrons. The van der Waals surface area contributed by atoms with Gasteiger partial charge in [-0.2, -0.15) is 4.98 Å². The predicted octanol–water partition coefficient (Wildman–Crippen LogP) is 3.49. The van der Waals surface area contributed by atoms with Gasteiger partial charge in [0, 0.05) is 6.04 Å². The van der Waals surface area contributed by atoms with E-state index in [1.165, 1.54) is 0 Å². The van der Waals surface area contributed by atoms with E-state index in [0.717, 1.165) is 12.8 Å². The summed E-state index contributed by atoms with van der Waals surface area (Å²) in [7, 11) is 0. The Bertz CT molecular complexity index is 509. The number of imidazole rings is 1. The summed E-state index contributed by atoms with van der Waals surface area (Å²) >= 11 is 11.7. The third-order valence-electron chi connectivity index (χ3n) is 2.53. The van der Waals surface area contributed by atoms with Gasteiger partial charge in [-0.05, 0) is 24.9 Å². The van der Waals surface area contributed by atoms with Crippen molar-refractivity contribution in [1.82, 2.24) is 19.5 Å². The molecule has 0 aliphatic heterocycles. The highest BCUT2D eigenvalue weighted by molar-refractivity contribution is 6.35. The van der Waals surface area contributed by atoms with Gasteiger partial charge < -0.3 is 4.57 Å². The molecule has 2 aromatic rings. The van der Waals surface area contributed by atoms with Crippen molar-refractivity contribution in [1.29, 1.82) is 0 Å². The standard InChI is InChI=1S/C10H12Cl2N4/c1-3-4-6(2)16-5-13-7-8(11)14-10(12)15-9(7)16/h5-6H,3-4H2,1-2H3. The number of rotatable bonds is 3. The minimum absolute atomic E-state index is 0.156. The van der Waals surface area contributed by atoms with Gasteiger partial charge in [0.05, 0.1) is 6.33 Å². The van der Waals surface area contributed by atoms with E-state index in [4.69, 9.17) is 23.2 Å². The Kier molecular flexibility index (Phi) is 3.30. The van der Waals surface area contributed by atoms with Gasteiger partial charge in [-0.15, -0.1) is 0 Å². The molecule has 0 aliphatic rings. The molecule has 6 heteroatoms. The molecule has 0 saturated carbocycles. The lowest BCUT2D eigenvalue weighted by atomic mass is 10.2. The Hall–Kier alpha value is -0.870. The third kappa shape index (κ3) is 1.99. The first-order valence-corrected chi connectivity index (χ1v) is 5.94. The Labute approximate surface area is 104 Å². The number of hydrogen-bond acceptors (Lipinski definition) is 3. The van der Waals surface area contributed by atoms with Crippen LogP contribution < -0.4 is 0 Å². The molecule has 1 unspecified atom stereocenters. The largest absolute Gasteiger partial charge is 0.312 e. The summed E-state index contributed by atoms with van der Waals surface area (Å²) in [4.78, 5) is 12.2. The fourth-order valence-electron chi connectivity index (χ4n) is 1.74. The highest BCUT2D eigenvalue weighted by atomic mass is 35.5. The van der Waals surface area contributed by atoms with Crippen LogP contribution in [0.15, 0.2) is 6.33 Å². The van der Waals surface area contributed by atoms with Crippen LogP contribution in [0.25, 0.3) is 11.2 Å². The van der Waals surface area contributed by atoms with Crippen LogP contribution in [0, 0.1) is 0 Å². The van der Waals surface area contributed by atoms with Crippen LogP contribution in [0.2, 0.25) is 10.4 Å². The number of hydrogen-bond donors (Lipinski definition) is 0. The quantitative estimate of drug-likeness (QED) is 0.626. The maximum atomic E-state index is 5.95. The third-order valence-corrected chi connectivity index (χ3v) is 2.97. The lowest BCUT2D eigenvalue weighted by Gasteiger charge is -2.12. The molecule has 4 nitrogen and oxygen atoms in total. The maximum Gasteiger partial charge on any atom is 0.225 e. The molecule has 0 saturated heterocycles. The van der Waals surface area contributed by atoms with E-state index in [1.807, 2.05) is 4.57 Å². The van der Waals surface area contributed by atoms with Crippen LogP contribution in [-0.4, -0.2) is 19.5 Å². The number of fused-ring (bicyclic) bond motifs is 1. The zero-order valence-electron chi connectivity index (χ0n) is 9.11. The van der Waals surface area contributed by atoms with Gasteiger partial charge in [0.25, 0.3) is 0 Å². The Morgan fingerprint density at radius 3 is 2.81 bits per heavy atom. The second-order valence-electron chi connectivity index (χ2n) is 3.75. The van der Waals surface area contributed by atoms with Crippen LogP contribution in [0.4, 0.5) is 0 Å². The summed E-state index contributed by atoms with van der Waals surface area (Å²) in [5, 5.41) is 0.459. The lowest BCUT2D eigenvalue weighted by molar-refractivity contribution is 0.509. The van der Waals surface area contributed by atoms with Crippen molar-refractivity contribution in [3.63, 3.8) is 0 Å². The van der Waals surface area contributed by atoms with E-state index in [1.54, 1.807) is 6.33 Å². The molecule has 0 bridgehead atoms. The smallest absolute Gasteiger partial charge is 0.225 e. The first-order valence-electron chi connectivity index (χ1n) is 5.19. The maximum absolute atomic E-state index is 5.95. The number of aromatic nitrogens is 4. The summed E-state index contributed by atoms with van der Waals surface area (Å²) in [5.74, 6) is 0. The fraction of sp³-hybridized carbons (Fsp3) is 0.500. The molecule has 1 atom stereocenters. The summed E-state index contributed by atoms with van der Waals surface area (Å²) in [6.07, 6.45) is 3.90. The van der Waals surface area contributed by atoms with Gasteiger partial charge in [-0.1, -0.05) is 24.9 Å². The van der Waals surface area contributed by atoms with Gasteiger partial charge in [-0.3, -0.25) is 0 Å². The molecule has 0 spiro atoms. The lowest BCUT2D eigenvalue weighted by Crippen LogP contribution is -2.04. The summed E-state index contributed by atoms with van der Waals surface area (Å²) in [6.45, 7) is 4.26. The zero-order valence-corrected chi connectivity index (χ0v) is 10.6. The predicted molar refractivity (Wildman–Crippen MR) is 65.0 cm³/mol. The molecule has 0 aliphatic carbocycles. The van der Waals surface area contributed by atoms with Gasteiger partial charge in [-0.25, -0.2) is 9.97 Å². The van der Waals surface area contributed by atoms with E-state index in [9.17, 15) is 0 Å². The van der Waals surface area contributed by atoms with Crippen molar-refractivity contribution in [2.75, 3.05) is 0 Å². The first kappa shape index (κ1) is 11.6. The second kappa shape index (κ2) is 4.55. The highest BCUT2D eigenvalue weighted by Gasteiger charge is 2.14. The summed E-state index contributed by atoms with van der Waals surface area (Å²) < 4.78 is 1.98. The van der Waals surface area contributed by atoms with Gasteiger partial charge in [0.2, 0.25) is 5.28 Å². The SMILES string of the molecule is CCCC(C)n1cnc2c(Cl)nc(Cl)nc21. The van der Waals surface area contributed by atoms with Crippen LogP contribution in [0.1, 0.15) is 32.7 Å². The molecule has 16 heavy (non-hydrogen) atoms. The van der Waals surface area contributed by atoms with Crippen molar-refractivity contribution in [3.8, 4) is 0 Å². The van der Waals surface area contributed by atoms with Crippen molar-refractivity contribution in [2.24, 2.45) is 0 Å². The minimum atomic E-state index is 0.156. The van der Waals surface area contributed by atoms with E-state index >= 15 is 0 Å². The number of nitrogens with zero attached hydrogens (tertiary/aromatic N) is 4. The van der Waals surface area contributed by atoms with Crippen LogP contribution in [-0.2, 0) is 0 Å². The van der Waals surface area contributed by atoms with Crippen molar-refractivity contribution < 1.29 is 0 Å². The second-order valence-corrected chi connectivity index (χ2v) is 4.44. The molecular formula is C10H12Cl2N4. The molecule has 2 rings (SSSR count). The Balaban J connectivity index is 2.55. The molecule has 2 aromatic heterocycles. The molecule has 0 fully saturated rings.